The highest BCUT2D eigenvalue weighted by atomic mass is 35.5. The standard InChI is InChI=1S/C19H20ClNO3/c1-19(2,3)15-8-6-12(7-9-15)17(22)21-11-14-5-4-13(18(23)24)10-16(14)20/h4-10H,11H2,1-3H3,(H,21,22)(H,23,24). The number of hydrogen-bond donors (Lipinski definition) is 2. The quantitative estimate of drug-likeness (QED) is 0.869. The lowest BCUT2D eigenvalue weighted by atomic mass is 9.87. The monoisotopic (exact) mass is 345 g/mol. The molecule has 0 unspecified atom stereocenters. The summed E-state index contributed by atoms with van der Waals surface area (Å²) >= 11 is 6.06. The van der Waals surface area contributed by atoms with Gasteiger partial charge in [0.05, 0.1) is 5.56 Å². The first-order valence-electron chi connectivity index (χ1n) is 7.59. The van der Waals surface area contributed by atoms with Crippen molar-refractivity contribution in [2.24, 2.45) is 0 Å². The van der Waals surface area contributed by atoms with Gasteiger partial charge in [-0.15, -0.1) is 0 Å². The summed E-state index contributed by atoms with van der Waals surface area (Å²) in [5.41, 5.74) is 2.55. The van der Waals surface area contributed by atoms with Crippen LogP contribution in [0.1, 0.15) is 52.6 Å². The van der Waals surface area contributed by atoms with E-state index in [1.807, 2.05) is 12.1 Å². The number of hydrogen-bond acceptors (Lipinski definition) is 2. The van der Waals surface area contributed by atoms with E-state index in [2.05, 4.69) is 26.1 Å². The molecule has 0 spiro atoms. The molecule has 0 aliphatic carbocycles. The van der Waals surface area contributed by atoms with E-state index in [4.69, 9.17) is 16.7 Å². The smallest absolute Gasteiger partial charge is 0.335 e. The van der Waals surface area contributed by atoms with E-state index in [0.29, 0.717) is 16.1 Å². The predicted molar refractivity (Wildman–Crippen MR) is 94.7 cm³/mol. The summed E-state index contributed by atoms with van der Waals surface area (Å²) in [6.07, 6.45) is 0. The molecule has 126 valence electrons. The third-order valence-electron chi connectivity index (χ3n) is 3.75. The molecule has 0 radical (unpaired) electrons. The maximum absolute atomic E-state index is 12.2. The normalized spacial score (nSPS) is 11.2. The Kier molecular flexibility index (Phi) is 5.30. The summed E-state index contributed by atoms with van der Waals surface area (Å²) in [6, 6.07) is 11.9. The van der Waals surface area contributed by atoms with Crippen LogP contribution < -0.4 is 5.32 Å². The van der Waals surface area contributed by atoms with E-state index in [9.17, 15) is 9.59 Å². The van der Waals surface area contributed by atoms with Crippen molar-refractivity contribution in [2.45, 2.75) is 32.7 Å². The Labute approximate surface area is 146 Å². The molecule has 0 aliphatic rings. The van der Waals surface area contributed by atoms with Crippen LogP contribution in [0.4, 0.5) is 0 Å². The molecule has 0 saturated carbocycles. The van der Waals surface area contributed by atoms with E-state index in [1.54, 1.807) is 18.2 Å². The van der Waals surface area contributed by atoms with Gasteiger partial charge in [0, 0.05) is 17.1 Å². The van der Waals surface area contributed by atoms with Gasteiger partial charge in [-0.3, -0.25) is 4.79 Å². The molecule has 0 heterocycles. The van der Waals surface area contributed by atoms with Crippen LogP contribution in [0.15, 0.2) is 42.5 Å². The number of aromatic carboxylic acids is 1. The Bertz CT molecular complexity index is 761. The molecule has 4 nitrogen and oxygen atoms in total. The minimum absolute atomic E-state index is 0.0361. The fourth-order valence-electron chi connectivity index (χ4n) is 2.22. The van der Waals surface area contributed by atoms with Crippen molar-refractivity contribution in [3.05, 3.63) is 69.7 Å². The lowest BCUT2D eigenvalue weighted by Gasteiger charge is -2.19. The Balaban J connectivity index is 2.04. The van der Waals surface area contributed by atoms with Gasteiger partial charge in [-0.2, -0.15) is 0 Å². The molecule has 0 atom stereocenters. The van der Waals surface area contributed by atoms with E-state index >= 15 is 0 Å². The topological polar surface area (TPSA) is 66.4 Å². The van der Waals surface area contributed by atoms with Crippen LogP contribution in [0.2, 0.25) is 5.02 Å². The van der Waals surface area contributed by atoms with Crippen molar-refractivity contribution in [3.63, 3.8) is 0 Å². The molecule has 0 fully saturated rings. The zero-order valence-corrected chi connectivity index (χ0v) is 14.6. The summed E-state index contributed by atoms with van der Waals surface area (Å²) < 4.78 is 0. The molecule has 2 N–H and O–H groups in total. The number of carbonyl (C=O) groups is 2. The molecular formula is C19H20ClNO3. The Morgan fingerprint density at radius 1 is 1.04 bits per heavy atom. The number of amides is 1. The van der Waals surface area contributed by atoms with Gasteiger partial charge < -0.3 is 10.4 Å². The van der Waals surface area contributed by atoms with Gasteiger partial charge in [0.1, 0.15) is 0 Å². The summed E-state index contributed by atoms with van der Waals surface area (Å²) in [4.78, 5) is 23.1. The summed E-state index contributed by atoms with van der Waals surface area (Å²) in [5, 5.41) is 12.0. The first-order valence-corrected chi connectivity index (χ1v) is 7.97. The highest BCUT2D eigenvalue weighted by Gasteiger charge is 2.14. The molecule has 24 heavy (non-hydrogen) atoms. The summed E-state index contributed by atoms with van der Waals surface area (Å²) in [7, 11) is 0. The zero-order valence-electron chi connectivity index (χ0n) is 13.9. The molecule has 0 saturated heterocycles. The molecule has 0 aliphatic heterocycles. The van der Waals surface area contributed by atoms with Crippen molar-refractivity contribution >= 4 is 23.5 Å². The second kappa shape index (κ2) is 7.05. The minimum atomic E-state index is -1.04. The molecule has 0 aromatic heterocycles. The van der Waals surface area contributed by atoms with Crippen LogP contribution >= 0.6 is 11.6 Å². The first kappa shape index (κ1) is 18.0. The van der Waals surface area contributed by atoms with Crippen molar-refractivity contribution in [3.8, 4) is 0 Å². The lowest BCUT2D eigenvalue weighted by Crippen LogP contribution is -2.23. The fourth-order valence-corrected chi connectivity index (χ4v) is 2.47. The Hall–Kier alpha value is -2.33. The van der Waals surface area contributed by atoms with Crippen LogP contribution in [0, 0.1) is 0 Å². The molecule has 0 bridgehead atoms. The average molecular weight is 346 g/mol. The second-order valence-electron chi connectivity index (χ2n) is 6.62. The summed E-state index contributed by atoms with van der Waals surface area (Å²) in [5.74, 6) is -1.24. The second-order valence-corrected chi connectivity index (χ2v) is 7.03. The number of carbonyl (C=O) groups excluding carboxylic acids is 1. The fraction of sp³-hybridized carbons (Fsp3) is 0.263. The predicted octanol–water partition coefficient (Wildman–Crippen LogP) is 4.27. The van der Waals surface area contributed by atoms with Gasteiger partial charge in [0.25, 0.3) is 5.91 Å². The maximum Gasteiger partial charge on any atom is 0.335 e. The van der Waals surface area contributed by atoms with Gasteiger partial charge in [0.2, 0.25) is 0 Å². The molecule has 2 rings (SSSR count). The van der Waals surface area contributed by atoms with E-state index in [1.165, 1.54) is 12.1 Å². The third kappa shape index (κ3) is 4.36. The van der Waals surface area contributed by atoms with Gasteiger partial charge in [-0.1, -0.05) is 50.6 Å². The molecule has 5 heteroatoms. The number of benzene rings is 2. The van der Waals surface area contributed by atoms with Gasteiger partial charge in [0.15, 0.2) is 0 Å². The highest BCUT2D eigenvalue weighted by molar-refractivity contribution is 6.31. The molecule has 2 aromatic carbocycles. The van der Waals surface area contributed by atoms with E-state index in [-0.39, 0.29) is 23.4 Å². The SMILES string of the molecule is CC(C)(C)c1ccc(C(=O)NCc2ccc(C(=O)O)cc2Cl)cc1. The van der Waals surface area contributed by atoms with Crippen LogP contribution in [0.5, 0.6) is 0 Å². The van der Waals surface area contributed by atoms with Crippen LogP contribution in [-0.2, 0) is 12.0 Å². The largest absolute Gasteiger partial charge is 0.478 e. The van der Waals surface area contributed by atoms with E-state index < -0.39 is 5.97 Å². The van der Waals surface area contributed by atoms with Crippen molar-refractivity contribution < 1.29 is 14.7 Å². The number of nitrogens with one attached hydrogen (secondary N) is 1. The lowest BCUT2D eigenvalue weighted by molar-refractivity contribution is 0.0696. The Morgan fingerprint density at radius 3 is 2.12 bits per heavy atom. The minimum Gasteiger partial charge on any atom is -0.478 e. The molecule has 2 aromatic rings. The maximum atomic E-state index is 12.2. The first-order chi connectivity index (χ1) is 11.2. The molecule has 1 amide bonds. The summed E-state index contributed by atoms with van der Waals surface area (Å²) in [6.45, 7) is 6.58. The van der Waals surface area contributed by atoms with Crippen LogP contribution in [0.25, 0.3) is 0 Å². The van der Waals surface area contributed by atoms with Crippen molar-refractivity contribution in [1.29, 1.82) is 0 Å². The number of carboxylic acids is 1. The van der Waals surface area contributed by atoms with Gasteiger partial charge in [-0.05, 0) is 40.8 Å². The van der Waals surface area contributed by atoms with Crippen molar-refractivity contribution in [2.75, 3.05) is 0 Å². The van der Waals surface area contributed by atoms with Crippen molar-refractivity contribution in [1.82, 2.24) is 5.32 Å². The Morgan fingerprint density at radius 2 is 1.62 bits per heavy atom. The van der Waals surface area contributed by atoms with E-state index in [0.717, 1.165) is 5.56 Å². The zero-order chi connectivity index (χ0) is 17.9. The van der Waals surface area contributed by atoms with Crippen LogP contribution in [-0.4, -0.2) is 17.0 Å². The number of carboxylic acid groups (broad SMARTS) is 1. The van der Waals surface area contributed by atoms with Gasteiger partial charge >= 0.3 is 5.97 Å². The third-order valence-corrected chi connectivity index (χ3v) is 4.10. The highest BCUT2D eigenvalue weighted by Crippen LogP contribution is 2.22. The molecular weight excluding hydrogens is 326 g/mol. The van der Waals surface area contributed by atoms with Gasteiger partial charge in [-0.25, -0.2) is 4.79 Å². The van der Waals surface area contributed by atoms with Crippen LogP contribution in [0.3, 0.4) is 0 Å². The number of rotatable bonds is 4. The number of halogens is 1. The average Bonchev–Trinajstić information content (AvgIpc) is 2.52.